The maximum atomic E-state index is 14.1. The molecule has 1 saturated heterocycles. The number of urea groups is 1. The summed E-state index contributed by atoms with van der Waals surface area (Å²) in [4.78, 5) is 49.0. The van der Waals surface area contributed by atoms with Crippen molar-refractivity contribution in [3.8, 4) is 0 Å². The van der Waals surface area contributed by atoms with Gasteiger partial charge in [-0.2, -0.15) is 0 Å². The van der Waals surface area contributed by atoms with Crippen LogP contribution in [0.5, 0.6) is 0 Å². The van der Waals surface area contributed by atoms with Crippen LogP contribution < -0.4 is 10.6 Å². The van der Waals surface area contributed by atoms with Crippen LogP contribution in [-0.2, 0) is 22.4 Å². The topological polar surface area (TPSA) is 107 Å². The maximum absolute atomic E-state index is 14.1. The average Bonchev–Trinajstić information content (AvgIpc) is 3.47. The molecule has 2 heterocycles. The van der Waals surface area contributed by atoms with Crippen LogP contribution in [0.1, 0.15) is 76.0 Å². The number of carbonyl (C=O) groups is 3. The van der Waals surface area contributed by atoms with E-state index in [-0.39, 0.29) is 11.7 Å². The summed E-state index contributed by atoms with van der Waals surface area (Å²) in [6.07, 6.45) is 13.4. The number of carbonyl (C=O) groups excluding carboxylic acids is 3. The average molecular weight is 556 g/mol. The molecule has 3 N–H and O–H groups in total. The number of rotatable bonds is 11. The molecule has 3 unspecified atom stereocenters. The fraction of sp³-hybridized carbons (Fsp3) is 0.600. The van der Waals surface area contributed by atoms with E-state index >= 15 is 0 Å². The molecule has 0 radical (unpaired) electrons. The highest BCUT2D eigenvalue weighted by atomic mass is 35.5. The highest BCUT2D eigenvalue weighted by Gasteiger charge is 2.40. The normalized spacial score (nSPS) is 20.8. The highest BCUT2D eigenvalue weighted by molar-refractivity contribution is 6.30. The lowest BCUT2D eigenvalue weighted by molar-refractivity contribution is -0.144. The molecule has 39 heavy (non-hydrogen) atoms. The molecule has 0 spiro atoms. The second kappa shape index (κ2) is 14.5. The van der Waals surface area contributed by atoms with Crippen molar-refractivity contribution in [2.24, 2.45) is 11.8 Å². The summed E-state index contributed by atoms with van der Waals surface area (Å²) < 4.78 is 0. The van der Waals surface area contributed by atoms with Gasteiger partial charge in [0.15, 0.2) is 5.78 Å². The van der Waals surface area contributed by atoms with E-state index in [1.165, 1.54) is 32.1 Å². The summed E-state index contributed by atoms with van der Waals surface area (Å²) in [5.41, 5.74) is 1.81. The Balaban J connectivity index is 1.47. The number of H-pyrrole nitrogens is 1. The molecule has 2 aromatic rings. The zero-order chi connectivity index (χ0) is 27.6. The number of amides is 3. The van der Waals surface area contributed by atoms with Gasteiger partial charge in [0.2, 0.25) is 5.91 Å². The molecule has 1 aromatic heterocycles. The first-order valence-electron chi connectivity index (χ1n) is 14.5. The van der Waals surface area contributed by atoms with Crippen molar-refractivity contribution in [2.75, 3.05) is 13.1 Å². The Morgan fingerprint density at radius 1 is 1.10 bits per heavy atom. The van der Waals surface area contributed by atoms with Crippen LogP contribution in [0.15, 0.2) is 36.8 Å². The number of imidazole rings is 1. The van der Waals surface area contributed by atoms with Gasteiger partial charge in [0.05, 0.1) is 12.4 Å². The molecule has 9 heteroatoms. The van der Waals surface area contributed by atoms with E-state index in [1.807, 2.05) is 19.1 Å². The number of hydrogen-bond acceptors (Lipinski definition) is 4. The molecular formula is C30H42ClN5O3. The van der Waals surface area contributed by atoms with Gasteiger partial charge in [0, 0.05) is 49.3 Å². The first-order valence-corrected chi connectivity index (χ1v) is 14.9. The predicted octanol–water partition coefficient (Wildman–Crippen LogP) is 5.07. The lowest BCUT2D eigenvalue weighted by Crippen LogP contribution is -2.58. The standard InChI is InChI=1S/C30H42ClN5O3/c1-2-6-28(37)27-18-23(22-7-4-3-5-8-22)14-16-36(27)29(38)26(17-21-9-11-24(31)12-10-21)35-30(39)33-15-13-25-19-32-20-34-25/h9-12,19-20,22-23,26-27H,2-8,13-18H2,1H3,(H,32,34)(H2,33,35,39). The Labute approximate surface area is 236 Å². The van der Waals surface area contributed by atoms with Gasteiger partial charge in [0.1, 0.15) is 6.04 Å². The molecule has 1 saturated carbocycles. The molecule has 3 atom stereocenters. The first-order chi connectivity index (χ1) is 18.9. The third kappa shape index (κ3) is 8.31. The van der Waals surface area contributed by atoms with Gasteiger partial charge in [-0.15, -0.1) is 0 Å². The van der Waals surface area contributed by atoms with Gasteiger partial charge in [-0.05, 0) is 48.8 Å². The summed E-state index contributed by atoms with van der Waals surface area (Å²) in [6, 6.07) is 5.69. The van der Waals surface area contributed by atoms with Crippen LogP contribution in [0, 0.1) is 11.8 Å². The van der Waals surface area contributed by atoms with Crippen molar-refractivity contribution in [3.63, 3.8) is 0 Å². The maximum Gasteiger partial charge on any atom is 0.315 e. The van der Waals surface area contributed by atoms with Crippen molar-refractivity contribution in [2.45, 2.75) is 89.6 Å². The lowest BCUT2D eigenvalue weighted by atomic mass is 9.73. The highest BCUT2D eigenvalue weighted by Crippen LogP contribution is 2.38. The summed E-state index contributed by atoms with van der Waals surface area (Å²) in [5.74, 6) is 1.08. The minimum absolute atomic E-state index is 0.139. The van der Waals surface area contributed by atoms with E-state index in [9.17, 15) is 14.4 Å². The van der Waals surface area contributed by atoms with Gasteiger partial charge in [0.25, 0.3) is 0 Å². The second-order valence-electron chi connectivity index (χ2n) is 11.1. The molecular weight excluding hydrogens is 514 g/mol. The summed E-state index contributed by atoms with van der Waals surface area (Å²) in [7, 11) is 0. The van der Waals surface area contributed by atoms with Crippen molar-refractivity contribution in [1.82, 2.24) is 25.5 Å². The molecule has 1 aromatic carbocycles. The number of benzene rings is 1. The molecule has 1 aliphatic heterocycles. The fourth-order valence-electron chi connectivity index (χ4n) is 6.21. The number of piperidine rings is 1. The molecule has 2 fully saturated rings. The van der Waals surface area contributed by atoms with Crippen LogP contribution in [-0.4, -0.2) is 57.8 Å². The van der Waals surface area contributed by atoms with Crippen LogP contribution in [0.3, 0.4) is 0 Å². The SMILES string of the molecule is CCCC(=O)C1CC(C2CCCCC2)CCN1C(=O)C(Cc1ccc(Cl)cc1)NC(=O)NCCc1cnc[nH]1. The molecule has 0 bridgehead atoms. The minimum atomic E-state index is -0.790. The summed E-state index contributed by atoms with van der Waals surface area (Å²) >= 11 is 6.08. The van der Waals surface area contributed by atoms with E-state index in [1.54, 1.807) is 29.6 Å². The Hall–Kier alpha value is -2.87. The van der Waals surface area contributed by atoms with E-state index < -0.39 is 18.1 Å². The molecule has 8 nitrogen and oxygen atoms in total. The summed E-state index contributed by atoms with van der Waals surface area (Å²) in [5, 5.41) is 6.38. The van der Waals surface area contributed by atoms with Gasteiger partial charge in [-0.3, -0.25) is 9.59 Å². The molecule has 3 amide bonds. The van der Waals surface area contributed by atoms with Gasteiger partial charge < -0.3 is 20.5 Å². The monoisotopic (exact) mass is 555 g/mol. The van der Waals surface area contributed by atoms with Crippen molar-refractivity contribution >= 4 is 29.3 Å². The van der Waals surface area contributed by atoms with Crippen molar-refractivity contribution < 1.29 is 14.4 Å². The number of aromatic amines is 1. The van der Waals surface area contributed by atoms with Gasteiger partial charge in [-0.25, -0.2) is 9.78 Å². The largest absolute Gasteiger partial charge is 0.348 e. The Morgan fingerprint density at radius 2 is 1.87 bits per heavy atom. The second-order valence-corrected chi connectivity index (χ2v) is 11.5. The number of aromatic nitrogens is 2. The van der Waals surface area contributed by atoms with Crippen LogP contribution in [0.25, 0.3) is 0 Å². The number of likely N-dealkylation sites (tertiary alicyclic amines) is 1. The summed E-state index contributed by atoms with van der Waals surface area (Å²) in [6.45, 7) is 2.96. The van der Waals surface area contributed by atoms with Gasteiger partial charge >= 0.3 is 6.03 Å². The Morgan fingerprint density at radius 3 is 2.56 bits per heavy atom. The quantitative estimate of drug-likeness (QED) is 0.359. The van der Waals surface area contributed by atoms with Crippen LogP contribution in [0.4, 0.5) is 4.79 Å². The third-order valence-corrected chi connectivity index (χ3v) is 8.55. The molecule has 4 rings (SSSR count). The molecule has 1 aliphatic carbocycles. The van der Waals surface area contributed by atoms with E-state index in [0.29, 0.717) is 49.2 Å². The fourth-order valence-corrected chi connectivity index (χ4v) is 6.33. The zero-order valence-corrected chi connectivity index (χ0v) is 23.7. The van der Waals surface area contributed by atoms with Crippen LogP contribution >= 0.6 is 11.6 Å². The predicted molar refractivity (Wildman–Crippen MR) is 152 cm³/mol. The third-order valence-electron chi connectivity index (χ3n) is 8.30. The zero-order valence-electron chi connectivity index (χ0n) is 23.0. The number of nitrogens with zero attached hydrogens (tertiary/aromatic N) is 2. The number of nitrogens with one attached hydrogen (secondary N) is 3. The smallest absolute Gasteiger partial charge is 0.315 e. The Kier molecular flexibility index (Phi) is 10.8. The van der Waals surface area contributed by atoms with E-state index in [0.717, 1.165) is 30.5 Å². The van der Waals surface area contributed by atoms with Gasteiger partial charge in [-0.1, -0.05) is 62.8 Å². The lowest BCUT2D eigenvalue weighted by Gasteiger charge is -2.43. The Bertz CT molecular complexity index is 1070. The number of Topliss-reactive ketones (excluding diaryl/α,β-unsaturated/α-hetero) is 1. The molecule has 212 valence electrons. The van der Waals surface area contributed by atoms with Crippen molar-refractivity contribution in [1.29, 1.82) is 0 Å². The van der Waals surface area contributed by atoms with E-state index in [4.69, 9.17) is 11.6 Å². The molecule has 2 aliphatic rings. The van der Waals surface area contributed by atoms with Crippen LogP contribution in [0.2, 0.25) is 5.02 Å². The van der Waals surface area contributed by atoms with E-state index in [2.05, 4.69) is 20.6 Å². The number of ketones is 1. The number of halogens is 1. The number of hydrogen-bond donors (Lipinski definition) is 3. The minimum Gasteiger partial charge on any atom is -0.348 e. The first kappa shape index (κ1) is 29.1. The van der Waals surface area contributed by atoms with Crippen molar-refractivity contribution in [3.05, 3.63) is 53.1 Å².